The van der Waals surface area contributed by atoms with Crippen LogP contribution in [0.2, 0.25) is 0 Å². The first kappa shape index (κ1) is 13.4. The summed E-state index contributed by atoms with van der Waals surface area (Å²) in [4.78, 5) is 8.74. The molecule has 6 nitrogen and oxygen atoms in total. The van der Waals surface area contributed by atoms with Crippen molar-refractivity contribution in [1.29, 1.82) is 0 Å². The van der Waals surface area contributed by atoms with Gasteiger partial charge in [0, 0.05) is 31.5 Å². The fourth-order valence-electron chi connectivity index (χ4n) is 2.13. The lowest BCUT2D eigenvalue weighted by atomic mass is 10.3. The standard InChI is InChI=1S/C15H17N5O/c1-20-10-18-14-13(20)5-7-17-15(14)19-11-3-2-4-12(9-11)21-8-6-16/h2-5,7,9-10H,6,8,16H2,1H3,(H,17,19). The highest BCUT2D eigenvalue weighted by molar-refractivity contribution is 5.87. The molecule has 0 amide bonds. The van der Waals surface area contributed by atoms with E-state index in [0.29, 0.717) is 13.2 Å². The molecule has 0 saturated heterocycles. The average Bonchev–Trinajstić information content (AvgIpc) is 2.88. The summed E-state index contributed by atoms with van der Waals surface area (Å²) in [6, 6.07) is 9.63. The number of hydrogen-bond donors (Lipinski definition) is 2. The highest BCUT2D eigenvalue weighted by Crippen LogP contribution is 2.24. The lowest BCUT2D eigenvalue weighted by Gasteiger charge is -2.09. The van der Waals surface area contributed by atoms with E-state index in [9.17, 15) is 0 Å². The van der Waals surface area contributed by atoms with Crippen LogP contribution in [0.4, 0.5) is 11.5 Å². The van der Waals surface area contributed by atoms with E-state index in [1.165, 1.54) is 0 Å². The van der Waals surface area contributed by atoms with Crippen LogP contribution in [-0.4, -0.2) is 27.7 Å². The van der Waals surface area contributed by atoms with E-state index in [-0.39, 0.29) is 0 Å². The van der Waals surface area contributed by atoms with Crippen LogP contribution in [0.3, 0.4) is 0 Å². The SMILES string of the molecule is Cn1cnc2c(Nc3cccc(OCCN)c3)nccc21. The Morgan fingerprint density at radius 2 is 2.19 bits per heavy atom. The number of nitrogens with zero attached hydrogens (tertiary/aromatic N) is 3. The third-order valence-corrected chi connectivity index (χ3v) is 3.13. The molecule has 3 aromatic rings. The van der Waals surface area contributed by atoms with E-state index in [2.05, 4.69) is 15.3 Å². The lowest BCUT2D eigenvalue weighted by molar-refractivity contribution is 0.328. The first-order chi connectivity index (χ1) is 10.3. The average molecular weight is 283 g/mol. The Kier molecular flexibility index (Phi) is 3.70. The fraction of sp³-hybridized carbons (Fsp3) is 0.200. The maximum absolute atomic E-state index is 5.52. The minimum absolute atomic E-state index is 0.493. The Morgan fingerprint density at radius 3 is 3.05 bits per heavy atom. The van der Waals surface area contributed by atoms with Crippen LogP contribution in [-0.2, 0) is 7.05 Å². The number of ether oxygens (including phenoxy) is 1. The highest BCUT2D eigenvalue weighted by atomic mass is 16.5. The van der Waals surface area contributed by atoms with Crippen molar-refractivity contribution in [1.82, 2.24) is 14.5 Å². The quantitative estimate of drug-likeness (QED) is 0.749. The molecule has 0 radical (unpaired) electrons. The zero-order valence-electron chi connectivity index (χ0n) is 11.8. The Balaban J connectivity index is 1.88. The molecule has 1 aromatic carbocycles. The molecule has 0 spiro atoms. The van der Waals surface area contributed by atoms with Crippen LogP contribution in [0.25, 0.3) is 11.0 Å². The maximum Gasteiger partial charge on any atom is 0.158 e. The highest BCUT2D eigenvalue weighted by Gasteiger charge is 2.07. The number of nitrogens with two attached hydrogens (primary N) is 1. The summed E-state index contributed by atoms with van der Waals surface area (Å²) in [5.74, 6) is 1.50. The number of benzene rings is 1. The number of imidazole rings is 1. The normalized spacial score (nSPS) is 10.8. The number of anilines is 2. The van der Waals surface area contributed by atoms with Gasteiger partial charge >= 0.3 is 0 Å². The topological polar surface area (TPSA) is 78.0 Å². The zero-order chi connectivity index (χ0) is 14.7. The summed E-state index contributed by atoms with van der Waals surface area (Å²) < 4.78 is 7.48. The van der Waals surface area contributed by atoms with Crippen LogP contribution >= 0.6 is 0 Å². The van der Waals surface area contributed by atoms with Gasteiger partial charge in [0.05, 0.1) is 11.8 Å². The van der Waals surface area contributed by atoms with Crippen molar-refractivity contribution in [3.8, 4) is 5.75 Å². The second-order valence-electron chi connectivity index (χ2n) is 4.67. The van der Waals surface area contributed by atoms with Crippen molar-refractivity contribution >= 4 is 22.5 Å². The van der Waals surface area contributed by atoms with Gasteiger partial charge in [0.25, 0.3) is 0 Å². The van der Waals surface area contributed by atoms with Gasteiger partial charge in [0.2, 0.25) is 0 Å². The molecule has 21 heavy (non-hydrogen) atoms. The van der Waals surface area contributed by atoms with Crippen LogP contribution < -0.4 is 15.8 Å². The zero-order valence-corrected chi connectivity index (χ0v) is 11.8. The molecule has 3 rings (SSSR count). The van der Waals surface area contributed by atoms with Gasteiger partial charge in [-0.15, -0.1) is 0 Å². The molecule has 0 unspecified atom stereocenters. The van der Waals surface area contributed by atoms with Crippen LogP contribution in [0.1, 0.15) is 0 Å². The van der Waals surface area contributed by atoms with Gasteiger partial charge in [-0.05, 0) is 18.2 Å². The van der Waals surface area contributed by atoms with Gasteiger partial charge in [-0.25, -0.2) is 9.97 Å². The van der Waals surface area contributed by atoms with E-state index < -0.39 is 0 Å². The van der Waals surface area contributed by atoms with Crippen LogP contribution in [0.5, 0.6) is 5.75 Å². The van der Waals surface area contributed by atoms with Gasteiger partial charge in [0.1, 0.15) is 17.9 Å². The Bertz CT molecular complexity index is 753. The summed E-state index contributed by atoms with van der Waals surface area (Å²) in [7, 11) is 1.96. The lowest BCUT2D eigenvalue weighted by Crippen LogP contribution is -2.10. The van der Waals surface area contributed by atoms with Crippen molar-refractivity contribution in [3.05, 3.63) is 42.9 Å². The van der Waals surface area contributed by atoms with E-state index in [4.69, 9.17) is 10.5 Å². The second-order valence-corrected chi connectivity index (χ2v) is 4.67. The summed E-state index contributed by atoms with van der Waals surface area (Å²) >= 11 is 0. The molecule has 0 saturated carbocycles. The molecule has 108 valence electrons. The van der Waals surface area contributed by atoms with Gasteiger partial charge in [-0.3, -0.25) is 0 Å². The fourth-order valence-corrected chi connectivity index (χ4v) is 2.13. The third-order valence-electron chi connectivity index (χ3n) is 3.13. The largest absolute Gasteiger partial charge is 0.492 e. The molecule has 0 atom stereocenters. The Labute approximate surface area is 122 Å². The monoisotopic (exact) mass is 283 g/mol. The van der Waals surface area contributed by atoms with Crippen LogP contribution in [0, 0.1) is 0 Å². The number of hydrogen-bond acceptors (Lipinski definition) is 5. The summed E-state index contributed by atoms with van der Waals surface area (Å²) in [5, 5.41) is 3.28. The van der Waals surface area contributed by atoms with E-state index in [0.717, 1.165) is 28.3 Å². The first-order valence-electron chi connectivity index (χ1n) is 6.74. The molecule has 0 aliphatic rings. The number of rotatable bonds is 5. The van der Waals surface area contributed by atoms with Gasteiger partial charge < -0.3 is 20.4 Å². The van der Waals surface area contributed by atoms with Gasteiger partial charge in [-0.1, -0.05) is 6.07 Å². The van der Waals surface area contributed by atoms with E-state index in [1.807, 2.05) is 41.9 Å². The van der Waals surface area contributed by atoms with Crippen LogP contribution in [0.15, 0.2) is 42.9 Å². The van der Waals surface area contributed by atoms with E-state index >= 15 is 0 Å². The van der Waals surface area contributed by atoms with Gasteiger partial charge in [0.15, 0.2) is 5.82 Å². The van der Waals surface area contributed by atoms with E-state index in [1.54, 1.807) is 12.5 Å². The second kappa shape index (κ2) is 5.80. The summed E-state index contributed by atoms with van der Waals surface area (Å²) in [6.07, 6.45) is 3.54. The van der Waals surface area contributed by atoms with Crippen molar-refractivity contribution < 1.29 is 4.74 Å². The molecular formula is C15H17N5O. The molecule has 0 bridgehead atoms. The van der Waals surface area contributed by atoms with Gasteiger partial charge in [-0.2, -0.15) is 0 Å². The molecule has 0 fully saturated rings. The number of nitrogens with one attached hydrogen (secondary N) is 1. The van der Waals surface area contributed by atoms with Crippen molar-refractivity contribution in [2.75, 3.05) is 18.5 Å². The molecule has 0 aliphatic carbocycles. The predicted octanol–water partition coefficient (Wildman–Crippen LogP) is 2.05. The third kappa shape index (κ3) is 2.80. The maximum atomic E-state index is 5.52. The first-order valence-corrected chi connectivity index (χ1v) is 6.74. The summed E-state index contributed by atoms with van der Waals surface area (Å²) in [5.41, 5.74) is 8.21. The summed E-state index contributed by atoms with van der Waals surface area (Å²) in [6.45, 7) is 0.990. The molecule has 0 aliphatic heterocycles. The van der Waals surface area contributed by atoms with Crippen molar-refractivity contribution in [2.24, 2.45) is 12.8 Å². The van der Waals surface area contributed by atoms with Crippen molar-refractivity contribution in [2.45, 2.75) is 0 Å². The Hall–Kier alpha value is -2.60. The Morgan fingerprint density at radius 1 is 1.29 bits per heavy atom. The smallest absolute Gasteiger partial charge is 0.158 e. The molecule has 2 aromatic heterocycles. The number of aryl methyl sites for hydroxylation is 1. The minimum Gasteiger partial charge on any atom is -0.492 e. The number of fused-ring (bicyclic) bond motifs is 1. The molecular weight excluding hydrogens is 266 g/mol. The molecule has 6 heteroatoms. The molecule has 3 N–H and O–H groups in total. The molecule has 2 heterocycles. The van der Waals surface area contributed by atoms with Crippen molar-refractivity contribution in [3.63, 3.8) is 0 Å². The minimum atomic E-state index is 0.493. The predicted molar refractivity (Wildman–Crippen MR) is 82.8 cm³/mol. The number of aromatic nitrogens is 3. The number of pyridine rings is 1.